The Morgan fingerprint density at radius 2 is 1.70 bits per heavy atom. The van der Waals surface area contributed by atoms with E-state index in [0.29, 0.717) is 10.7 Å². The van der Waals surface area contributed by atoms with E-state index in [9.17, 15) is 23.5 Å². The van der Waals surface area contributed by atoms with Gasteiger partial charge in [0.15, 0.2) is 10.9 Å². The summed E-state index contributed by atoms with van der Waals surface area (Å²) in [6.45, 7) is 0.259. The molecule has 1 saturated heterocycles. The number of anilines is 2. The van der Waals surface area contributed by atoms with Crippen LogP contribution in [0.5, 0.6) is 5.75 Å². The molecule has 1 amide bonds. The Balaban J connectivity index is 1.79. The zero-order valence-electron chi connectivity index (χ0n) is 16.8. The summed E-state index contributed by atoms with van der Waals surface area (Å²) in [5.74, 6) is -2.16. The largest absolute Gasteiger partial charge is 0.785 e. The van der Waals surface area contributed by atoms with Crippen molar-refractivity contribution in [1.82, 2.24) is 9.79 Å². The molecule has 1 aliphatic rings. The molecule has 0 aliphatic carbocycles. The fourth-order valence-corrected chi connectivity index (χ4v) is 5.41. The van der Waals surface area contributed by atoms with Gasteiger partial charge in [0.05, 0.1) is 26.4 Å². The molecule has 1 heterocycles. The number of thiocarbonyl (C=S) groups is 1. The molecular weight excluding hydrogens is 535 g/mol. The minimum absolute atomic E-state index is 0.0199. The molecule has 0 atom stereocenters. The van der Waals surface area contributed by atoms with Crippen molar-refractivity contribution in [1.29, 1.82) is 0 Å². The van der Waals surface area contributed by atoms with Gasteiger partial charge in [0.2, 0.25) is 5.91 Å². The van der Waals surface area contributed by atoms with E-state index in [0.717, 1.165) is 5.06 Å². The summed E-state index contributed by atoms with van der Waals surface area (Å²) < 4.78 is 27.6. The highest BCUT2D eigenvalue weighted by Gasteiger charge is 2.30. The Hall–Kier alpha value is -1.86. The van der Waals surface area contributed by atoms with Crippen molar-refractivity contribution in [3.05, 3.63) is 50.6 Å². The molecule has 0 spiro atoms. The normalized spacial score (nSPS) is 15.2. The number of hydrogen-bond acceptors (Lipinski definition) is 7. The van der Waals surface area contributed by atoms with Gasteiger partial charge in [-0.3, -0.25) is 4.79 Å². The molecule has 14 heteroatoms. The lowest BCUT2D eigenvalue weighted by molar-refractivity contribution is -0.124. The van der Waals surface area contributed by atoms with E-state index in [-0.39, 0.29) is 46.8 Å². The maximum atomic E-state index is 12.8. The van der Waals surface area contributed by atoms with E-state index in [1.54, 1.807) is 18.2 Å². The monoisotopic (exact) mass is 551 g/mol. The van der Waals surface area contributed by atoms with Gasteiger partial charge in [0.25, 0.3) is 10.0 Å². The van der Waals surface area contributed by atoms with Crippen LogP contribution in [0.25, 0.3) is 0 Å². The molecule has 0 bridgehead atoms. The van der Waals surface area contributed by atoms with Crippen LogP contribution in [-0.4, -0.2) is 42.7 Å². The van der Waals surface area contributed by atoms with Crippen LogP contribution < -0.4 is 15.4 Å². The number of phenols is 1. The molecule has 3 rings (SSSR count). The smallest absolute Gasteiger partial charge is 0.269 e. The Morgan fingerprint density at radius 1 is 1.06 bits per heavy atom. The van der Waals surface area contributed by atoms with Crippen molar-refractivity contribution in [2.45, 2.75) is 17.7 Å². The van der Waals surface area contributed by atoms with E-state index < -0.39 is 32.5 Å². The average molecular weight is 553 g/mol. The molecule has 178 valence electrons. The summed E-state index contributed by atoms with van der Waals surface area (Å²) >= 11 is 23.3. The van der Waals surface area contributed by atoms with Gasteiger partial charge < -0.3 is 26.0 Å². The zero-order valence-corrected chi connectivity index (χ0v) is 20.7. The predicted molar refractivity (Wildman–Crippen MR) is 132 cm³/mol. The average Bonchev–Trinajstić information content (AvgIpc) is 2.73. The van der Waals surface area contributed by atoms with Crippen LogP contribution in [0.4, 0.5) is 11.4 Å². The van der Waals surface area contributed by atoms with Gasteiger partial charge in [0.1, 0.15) is 4.90 Å². The maximum absolute atomic E-state index is 12.8. The van der Waals surface area contributed by atoms with Crippen LogP contribution in [0.2, 0.25) is 15.1 Å². The van der Waals surface area contributed by atoms with Crippen LogP contribution in [0.3, 0.4) is 0 Å². The number of amides is 1. The van der Waals surface area contributed by atoms with Crippen molar-refractivity contribution < 1.29 is 18.3 Å². The fraction of sp³-hybridized carbons (Fsp3) is 0.263. The Morgan fingerprint density at radius 3 is 2.36 bits per heavy atom. The number of nitrogens with zero attached hydrogens (tertiary/aromatic N) is 1. The van der Waals surface area contributed by atoms with Crippen molar-refractivity contribution in [2.24, 2.45) is 5.92 Å². The van der Waals surface area contributed by atoms with E-state index in [1.165, 1.54) is 12.1 Å². The van der Waals surface area contributed by atoms with Crippen LogP contribution in [0, 0.1) is 11.1 Å². The first-order valence-corrected chi connectivity index (χ1v) is 12.5. The first-order valence-electron chi connectivity index (χ1n) is 9.52. The lowest BCUT2D eigenvalue weighted by Crippen LogP contribution is -2.40. The molecule has 0 aromatic heterocycles. The van der Waals surface area contributed by atoms with Crippen molar-refractivity contribution in [3.63, 3.8) is 0 Å². The molecule has 2 aromatic carbocycles. The molecular formula is C19H18Cl3N4O5S2-. The van der Waals surface area contributed by atoms with Crippen molar-refractivity contribution >= 4 is 79.4 Å². The van der Waals surface area contributed by atoms with Gasteiger partial charge in [-0.2, -0.15) is 0 Å². The number of carbonyl (C=O) groups is 1. The highest BCUT2D eigenvalue weighted by molar-refractivity contribution is 7.90. The second-order valence-corrected chi connectivity index (χ2v) is 10.3. The molecule has 1 aliphatic heterocycles. The van der Waals surface area contributed by atoms with Crippen molar-refractivity contribution in [3.8, 4) is 5.75 Å². The number of piperidine rings is 1. The standard InChI is InChI=1S/C19H18Cl3N4O5S2/c20-11-2-1-3-13(15(11)22)23-19(32)24-14-5-4-12(21)17(16(14)27)33(30,31)25-18(28)10-6-8-26(29)9-7-10/h1-5,10,27H,6-9H2,(H,25,28)(H2,23,24,32)/q-1. The van der Waals surface area contributed by atoms with Crippen molar-refractivity contribution in [2.75, 3.05) is 23.7 Å². The number of phenolic OH excluding ortho intramolecular Hbond substituents is 1. The highest BCUT2D eigenvalue weighted by Crippen LogP contribution is 2.37. The first kappa shape index (κ1) is 25.8. The summed E-state index contributed by atoms with van der Waals surface area (Å²) in [4.78, 5) is 11.7. The summed E-state index contributed by atoms with van der Waals surface area (Å²) in [5, 5.41) is 28.4. The fourth-order valence-electron chi connectivity index (χ4n) is 3.16. The number of halogens is 3. The second-order valence-electron chi connectivity index (χ2n) is 7.13. The van der Waals surface area contributed by atoms with E-state index in [1.807, 2.05) is 4.72 Å². The van der Waals surface area contributed by atoms with Gasteiger partial charge in [-0.15, -0.1) is 0 Å². The SMILES string of the molecule is O=C(NS(=O)(=O)c1c(Cl)ccc(NC(=S)Nc2cccc(Cl)c2Cl)c1O)C1CCN([O-])CC1. The lowest BCUT2D eigenvalue weighted by atomic mass is 9.97. The minimum Gasteiger partial charge on any atom is -0.785 e. The van der Waals surface area contributed by atoms with E-state index in [4.69, 9.17) is 47.0 Å². The molecule has 1 fully saturated rings. The number of sulfonamides is 1. The Labute approximate surface area is 210 Å². The maximum Gasteiger partial charge on any atom is 0.269 e. The lowest BCUT2D eigenvalue weighted by Gasteiger charge is -2.35. The van der Waals surface area contributed by atoms with E-state index >= 15 is 0 Å². The predicted octanol–water partition coefficient (Wildman–Crippen LogP) is 4.18. The number of benzene rings is 2. The highest BCUT2D eigenvalue weighted by atomic mass is 35.5. The molecule has 0 radical (unpaired) electrons. The molecule has 0 saturated carbocycles. The van der Waals surface area contributed by atoms with Gasteiger partial charge in [0, 0.05) is 5.92 Å². The summed E-state index contributed by atoms with van der Waals surface area (Å²) in [7, 11) is -4.53. The third kappa shape index (κ3) is 6.18. The molecule has 9 nitrogen and oxygen atoms in total. The summed E-state index contributed by atoms with van der Waals surface area (Å²) in [5.41, 5.74) is 0.307. The molecule has 0 unspecified atom stereocenters. The van der Waals surface area contributed by atoms with Crippen LogP contribution in [-0.2, 0) is 14.8 Å². The zero-order chi connectivity index (χ0) is 24.3. The van der Waals surface area contributed by atoms with E-state index in [2.05, 4.69) is 10.6 Å². The number of hydroxylamine groups is 2. The third-order valence-corrected chi connectivity index (χ3v) is 7.73. The summed E-state index contributed by atoms with van der Waals surface area (Å²) in [6, 6.07) is 7.40. The summed E-state index contributed by atoms with van der Waals surface area (Å²) in [6.07, 6.45) is 0.441. The van der Waals surface area contributed by atoms with Crippen LogP contribution >= 0.6 is 47.0 Å². The molecule has 33 heavy (non-hydrogen) atoms. The minimum atomic E-state index is -4.53. The van der Waals surface area contributed by atoms with Gasteiger partial charge in [-0.1, -0.05) is 40.9 Å². The van der Waals surface area contributed by atoms with Crippen LogP contribution in [0.15, 0.2) is 35.2 Å². The molecule has 2 aromatic rings. The van der Waals surface area contributed by atoms with Gasteiger partial charge >= 0.3 is 0 Å². The quantitative estimate of drug-likeness (QED) is 0.318. The Bertz CT molecular complexity index is 1190. The molecule has 4 N–H and O–H groups in total. The first-order chi connectivity index (χ1) is 15.5. The number of rotatable bonds is 5. The second kappa shape index (κ2) is 10.6. The van der Waals surface area contributed by atoms with Crippen LogP contribution in [0.1, 0.15) is 12.8 Å². The third-order valence-electron chi connectivity index (χ3n) is 4.86. The number of aromatic hydroxyl groups is 1. The number of nitrogens with one attached hydrogen (secondary N) is 3. The number of carbonyl (C=O) groups excluding carboxylic acids is 1. The van der Waals surface area contributed by atoms with Gasteiger partial charge in [-0.25, -0.2) is 13.1 Å². The Kier molecular flexibility index (Phi) is 8.27. The van der Waals surface area contributed by atoms with Gasteiger partial charge in [-0.05, 0) is 62.4 Å². The number of hydrogen-bond donors (Lipinski definition) is 4. The topological polar surface area (TPSA) is 134 Å².